The number of nitrogens with two attached hydrogens (primary N) is 1. The van der Waals surface area contributed by atoms with Crippen LogP contribution in [0, 0.1) is 0 Å². The highest BCUT2D eigenvalue weighted by molar-refractivity contribution is 5.98. The van der Waals surface area contributed by atoms with Crippen LogP contribution in [0.25, 0.3) is 0 Å². The number of benzene rings is 1. The summed E-state index contributed by atoms with van der Waals surface area (Å²) in [4.78, 5) is 11.3. The fraction of sp³-hybridized carbons (Fsp3) is 0.300. The van der Waals surface area contributed by atoms with Gasteiger partial charge in [-0.2, -0.15) is 0 Å². The molecule has 70 valence electrons. The molecule has 0 aliphatic carbocycles. The predicted octanol–water partition coefficient (Wildman–Crippen LogP) is 1.44. The van der Waals surface area contributed by atoms with Crippen molar-refractivity contribution in [2.75, 3.05) is 0 Å². The molecule has 1 rings (SSSR count). The van der Waals surface area contributed by atoms with E-state index in [0.29, 0.717) is 17.5 Å². The first-order chi connectivity index (χ1) is 6.20. The molecule has 0 aliphatic heterocycles. The van der Waals surface area contributed by atoms with E-state index in [4.69, 9.17) is 5.73 Å². The van der Waals surface area contributed by atoms with Crippen molar-refractivity contribution in [3.63, 3.8) is 0 Å². The Balaban J connectivity index is 3.15. The number of para-hydroxylation sites is 1. The maximum Gasteiger partial charge on any atom is 0.166 e. The van der Waals surface area contributed by atoms with Gasteiger partial charge in [-0.1, -0.05) is 19.1 Å². The summed E-state index contributed by atoms with van der Waals surface area (Å²) in [7, 11) is 0. The van der Waals surface area contributed by atoms with Crippen LogP contribution < -0.4 is 5.73 Å². The zero-order valence-electron chi connectivity index (χ0n) is 7.58. The van der Waals surface area contributed by atoms with Gasteiger partial charge in [-0.15, -0.1) is 0 Å². The van der Waals surface area contributed by atoms with Gasteiger partial charge >= 0.3 is 0 Å². The Morgan fingerprint density at radius 1 is 1.54 bits per heavy atom. The van der Waals surface area contributed by atoms with E-state index in [2.05, 4.69) is 0 Å². The molecule has 3 nitrogen and oxygen atoms in total. The van der Waals surface area contributed by atoms with E-state index in [1.54, 1.807) is 25.1 Å². The average Bonchev–Trinajstić information content (AvgIpc) is 2.17. The molecule has 0 unspecified atom stereocenters. The lowest BCUT2D eigenvalue weighted by Gasteiger charge is -2.05. The number of rotatable bonds is 3. The first-order valence-electron chi connectivity index (χ1n) is 4.24. The molecule has 0 atom stereocenters. The van der Waals surface area contributed by atoms with Gasteiger partial charge in [0, 0.05) is 18.5 Å². The van der Waals surface area contributed by atoms with Gasteiger partial charge in [-0.3, -0.25) is 4.79 Å². The van der Waals surface area contributed by atoms with Gasteiger partial charge in [0.2, 0.25) is 0 Å². The van der Waals surface area contributed by atoms with Crippen LogP contribution >= 0.6 is 0 Å². The lowest BCUT2D eigenvalue weighted by atomic mass is 10.0. The van der Waals surface area contributed by atoms with Crippen LogP contribution in [-0.4, -0.2) is 10.9 Å². The van der Waals surface area contributed by atoms with Gasteiger partial charge in [0.05, 0.1) is 5.56 Å². The Hall–Kier alpha value is -1.35. The summed E-state index contributed by atoms with van der Waals surface area (Å²) in [5.74, 6) is -0.0374. The van der Waals surface area contributed by atoms with E-state index < -0.39 is 0 Å². The first-order valence-corrected chi connectivity index (χ1v) is 4.24. The largest absolute Gasteiger partial charge is 0.507 e. The molecular formula is C10H13NO2. The highest BCUT2D eigenvalue weighted by Gasteiger charge is 2.10. The molecule has 0 amide bonds. The fourth-order valence-electron chi connectivity index (χ4n) is 1.17. The van der Waals surface area contributed by atoms with Crippen LogP contribution in [0.1, 0.15) is 29.3 Å². The normalized spacial score (nSPS) is 10.0. The molecule has 0 saturated heterocycles. The van der Waals surface area contributed by atoms with Crippen LogP contribution in [-0.2, 0) is 6.54 Å². The number of carbonyl (C=O) groups excluding carboxylic acids is 1. The second-order valence-corrected chi connectivity index (χ2v) is 2.79. The molecule has 0 radical (unpaired) electrons. The van der Waals surface area contributed by atoms with Crippen molar-refractivity contribution in [2.45, 2.75) is 19.9 Å². The van der Waals surface area contributed by atoms with E-state index in [0.717, 1.165) is 0 Å². The van der Waals surface area contributed by atoms with Gasteiger partial charge < -0.3 is 10.8 Å². The van der Waals surface area contributed by atoms with Crippen LogP contribution in [0.4, 0.5) is 0 Å². The third-order valence-corrected chi connectivity index (χ3v) is 1.96. The fourth-order valence-corrected chi connectivity index (χ4v) is 1.17. The number of carbonyl (C=O) groups is 1. The molecular weight excluding hydrogens is 166 g/mol. The van der Waals surface area contributed by atoms with Crippen LogP contribution in [0.3, 0.4) is 0 Å². The first kappa shape index (κ1) is 9.74. The summed E-state index contributed by atoms with van der Waals surface area (Å²) in [6.07, 6.45) is 0.390. The molecule has 0 spiro atoms. The van der Waals surface area contributed by atoms with Crippen LogP contribution in [0.15, 0.2) is 18.2 Å². The molecule has 0 fully saturated rings. The average molecular weight is 179 g/mol. The summed E-state index contributed by atoms with van der Waals surface area (Å²) in [6.45, 7) is 2.01. The van der Waals surface area contributed by atoms with Gasteiger partial charge in [0.25, 0.3) is 0 Å². The minimum Gasteiger partial charge on any atom is -0.507 e. The maximum absolute atomic E-state index is 11.3. The second-order valence-electron chi connectivity index (χ2n) is 2.79. The third kappa shape index (κ3) is 1.87. The number of phenolic OH excluding ortho intramolecular Hbond substituents is 1. The molecule has 0 saturated carbocycles. The van der Waals surface area contributed by atoms with E-state index >= 15 is 0 Å². The Morgan fingerprint density at radius 2 is 2.23 bits per heavy atom. The van der Waals surface area contributed by atoms with Crippen molar-refractivity contribution in [3.05, 3.63) is 29.3 Å². The van der Waals surface area contributed by atoms with Gasteiger partial charge in [-0.05, 0) is 6.07 Å². The summed E-state index contributed by atoms with van der Waals surface area (Å²) < 4.78 is 0. The molecule has 0 heterocycles. The highest BCUT2D eigenvalue weighted by atomic mass is 16.3. The summed E-state index contributed by atoms with van der Waals surface area (Å²) in [5, 5.41) is 9.59. The molecule has 1 aromatic rings. The molecule has 13 heavy (non-hydrogen) atoms. The number of Topliss-reactive ketones (excluding diaryl/α,β-unsaturated/α-hetero) is 1. The third-order valence-electron chi connectivity index (χ3n) is 1.96. The van der Waals surface area contributed by atoms with Crippen molar-refractivity contribution in [2.24, 2.45) is 5.73 Å². The Bertz CT molecular complexity index is 321. The van der Waals surface area contributed by atoms with E-state index in [1.807, 2.05) is 0 Å². The van der Waals surface area contributed by atoms with Gasteiger partial charge in [0.1, 0.15) is 5.75 Å². The van der Waals surface area contributed by atoms with Crippen LogP contribution in [0.5, 0.6) is 5.75 Å². The number of hydrogen-bond donors (Lipinski definition) is 2. The van der Waals surface area contributed by atoms with Crippen molar-refractivity contribution in [1.82, 2.24) is 0 Å². The minimum absolute atomic E-state index is 0.0249. The molecule has 3 N–H and O–H groups in total. The van der Waals surface area contributed by atoms with Crippen molar-refractivity contribution < 1.29 is 9.90 Å². The van der Waals surface area contributed by atoms with E-state index in [1.165, 1.54) is 0 Å². The summed E-state index contributed by atoms with van der Waals surface area (Å²) >= 11 is 0. The van der Waals surface area contributed by atoms with Gasteiger partial charge in [-0.25, -0.2) is 0 Å². The standard InChI is InChI=1S/C10H13NO2/c1-2-9(12)8-5-3-4-7(6-11)10(8)13/h3-5,13H,2,6,11H2,1H3. The monoisotopic (exact) mass is 179 g/mol. The molecule has 3 heteroatoms. The second kappa shape index (κ2) is 4.05. The smallest absolute Gasteiger partial charge is 0.166 e. The number of ketones is 1. The van der Waals surface area contributed by atoms with E-state index in [9.17, 15) is 9.90 Å². The topological polar surface area (TPSA) is 63.3 Å². The molecule has 0 bridgehead atoms. The zero-order chi connectivity index (χ0) is 9.84. The lowest BCUT2D eigenvalue weighted by molar-refractivity contribution is 0.0985. The lowest BCUT2D eigenvalue weighted by Crippen LogP contribution is -2.02. The predicted molar refractivity (Wildman–Crippen MR) is 50.6 cm³/mol. The zero-order valence-corrected chi connectivity index (χ0v) is 7.58. The summed E-state index contributed by atoms with van der Waals surface area (Å²) in [5.41, 5.74) is 6.37. The Kier molecular flexibility index (Phi) is 3.03. The van der Waals surface area contributed by atoms with Crippen molar-refractivity contribution in [3.8, 4) is 5.75 Å². The van der Waals surface area contributed by atoms with E-state index in [-0.39, 0.29) is 18.1 Å². The van der Waals surface area contributed by atoms with Gasteiger partial charge in [0.15, 0.2) is 5.78 Å². The Morgan fingerprint density at radius 3 is 2.77 bits per heavy atom. The number of aromatic hydroxyl groups is 1. The maximum atomic E-state index is 11.3. The number of phenols is 1. The highest BCUT2D eigenvalue weighted by Crippen LogP contribution is 2.22. The minimum atomic E-state index is -0.0622. The SMILES string of the molecule is CCC(=O)c1cccc(CN)c1O. The Labute approximate surface area is 77.2 Å². The quantitative estimate of drug-likeness (QED) is 0.690. The molecule has 0 aliphatic rings. The van der Waals surface area contributed by atoms with Crippen molar-refractivity contribution >= 4 is 5.78 Å². The van der Waals surface area contributed by atoms with Crippen molar-refractivity contribution in [1.29, 1.82) is 0 Å². The van der Waals surface area contributed by atoms with Crippen LogP contribution in [0.2, 0.25) is 0 Å². The summed E-state index contributed by atoms with van der Waals surface area (Å²) in [6, 6.07) is 5.05. The number of hydrogen-bond acceptors (Lipinski definition) is 3. The molecule has 0 aromatic heterocycles. The molecule has 1 aromatic carbocycles.